The third kappa shape index (κ3) is 4.60. The highest BCUT2D eigenvalue weighted by Gasteiger charge is 2.29. The number of rotatable bonds is 8. The number of amides is 1. The number of carbonyl (C=O) groups is 2. The normalized spacial score (nSPS) is 18.9. The second kappa shape index (κ2) is 9.95. The summed E-state index contributed by atoms with van der Waals surface area (Å²) in [5.74, 6) is 0.00771. The Morgan fingerprint density at radius 3 is 2.83 bits per heavy atom. The van der Waals surface area contributed by atoms with Crippen molar-refractivity contribution >= 4 is 28.5 Å². The number of benzene rings is 1. The Labute approximate surface area is 176 Å². The fourth-order valence-corrected chi connectivity index (χ4v) is 4.39. The van der Waals surface area contributed by atoms with E-state index in [1.54, 1.807) is 25.6 Å². The van der Waals surface area contributed by atoms with Crippen LogP contribution >= 0.6 is 0 Å². The standard InChI is InChI=1S/C22H31N3O5/c1-4-30-22(28)21-20(17-13-16(29-3)8-9-18(17)24(21)2)23-19(27)14-25-11-6-5-7-15(25)10-12-26/h8-9,13,15,26H,4-7,10-12,14H2,1-3H3,(H,23,27)/p+1/t15-/m1/s1. The molecule has 1 aliphatic heterocycles. The highest BCUT2D eigenvalue weighted by Crippen LogP contribution is 2.33. The smallest absolute Gasteiger partial charge is 0.357 e. The average molecular weight is 419 g/mol. The minimum Gasteiger partial charge on any atom is -0.497 e. The molecule has 1 unspecified atom stereocenters. The summed E-state index contributed by atoms with van der Waals surface area (Å²) < 4.78 is 12.3. The van der Waals surface area contributed by atoms with Gasteiger partial charge in [-0.1, -0.05) is 0 Å². The number of nitrogens with zero attached hydrogens (tertiary/aromatic N) is 1. The number of nitrogens with one attached hydrogen (secondary N) is 2. The Balaban J connectivity index is 1.92. The van der Waals surface area contributed by atoms with E-state index in [1.165, 1.54) is 4.90 Å². The molecule has 0 aliphatic carbocycles. The molecular weight excluding hydrogens is 386 g/mol. The number of fused-ring (bicyclic) bond motifs is 1. The molecule has 164 valence electrons. The van der Waals surface area contributed by atoms with Crippen LogP contribution in [0.15, 0.2) is 18.2 Å². The first-order valence-electron chi connectivity index (χ1n) is 10.6. The van der Waals surface area contributed by atoms with E-state index < -0.39 is 5.97 Å². The van der Waals surface area contributed by atoms with Gasteiger partial charge in [-0.3, -0.25) is 4.79 Å². The van der Waals surface area contributed by atoms with Crippen LogP contribution in [-0.2, 0) is 16.6 Å². The average Bonchev–Trinajstić information content (AvgIpc) is 3.00. The van der Waals surface area contributed by atoms with E-state index in [0.717, 1.165) is 36.7 Å². The number of methoxy groups -OCH3 is 1. The molecule has 1 aromatic carbocycles. The molecule has 1 fully saturated rings. The molecule has 0 saturated carbocycles. The van der Waals surface area contributed by atoms with E-state index in [0.29, 0.717) is 30.1 Å². The van der Waals surface area contributed by atoms with Crippen molar-refractivity contribution in [3.63, 3.8) is 0 Å². The summed E-state index contributed by atoms with van der Waals surface area (Å²) in [7, 11) is 3.36. The molecule has 3 N–H and O–H groups in total. The maximum Gasteiger partial charge on any atom is 0.357 e. The van der Waals surface area contributed by atoms with Gasteiger partial charge in [-0.2, -0.15) is 0 Å². The predicted octanol–water partition coefficient (Wildman–Crippen LogP) is 1.12. The molecule has 1 aliphatic rings. The van der Waals surface area contributed by atoms with Crippen molar-refractivity contribution in [2.75, 3.05) is 38.7 Å². The SMILES string of the molecule is CCOC(=O)c1c(NC(=O)C[NH+]2CCCC[C@@H]2CCO)c2cc(OC)ccc2n1C. The zero-order chi connectivity index (χ0) is 21.7. The van der Waals surface area contributed by atoms with Crippen LogP contribution in [0.25, 0.3) is 10.9 Å². The van der Waals surface area contributed by atoms with Gasteiger partial charge in [0.2, 0.25) is 0 Å². The summed E-state index contributed by atoms with van der Waals surface area (Å²) in [5.41, 5.74) is 1.57. The van der Waals surface area contributed by atoms with Crippen LogP contribution in [0.1, 0.15) is 43.1 Å². The number of aliphatic hydroxyl groups is 1. The highest BCUT2D eigenvalue weighted by atomic mass is 16.5. The number of aliphatic hydroxyl groups excluding tert-OH is 1. The number of anilines is 1. The summed E-state index contributed by atoms with van der Waals surface area (Å²) in [6.07, 6.45) is 3.92. The van der Waals surface area contributed by atoms with Crippen LogP contribution < -0.4 is 15.0 Å². The monoisotopic (exact) mass is 418 g/mol. The minimum atomic E-state index is -0.478. The molecule has 0 spiro atoms. The number of carbonyl (C=O) groups excluding carboxylic acids is 2. The third-order valence-electron chi connectivity index (χ3n) is 5.88. The van der Waals surface area contributed by atoms with Crippen LogP contribution in [0.3, 0.4) is 0 Å². The maximum atomic E-state index is 13.0. The van der Waals surface area contributed by atoms with Gasteiger partial charge in [-0.05, 0) is 44.4 Å². The van der Waals surface area contributed by atoms with E-state index in [1.807, 2.05) is 18.2 Å². The second-order valence-electron chi connectivity index (χ2n) is 7.72. The summed E-state index contributed by atoms with van der Waals surface area (Å²) in [4.78, 5) is 26.8. The van der Waals surface area contributed by atoms with Crippen LogP contribution in [0.4, 0.5) is 5.69 Å². The molecular formula is C22H32N3O5+. The van der Waals surface area contributed by atoms with Crippen LogP contribution in [0.2, 0.25) is 0 Å². The Bertz CT molecular complexity index is 906. The van der Waals surface area contributed by atoms with Gasteiger partial charge in [0.05, 0.1) is 37.5 Å². The van der Waals surface area contributed by atoms with E-state index in [9.17, 15) is 14.7 Å². The van der Waals surface area contributed by atoms with Gasteiger partial charge in [-0.15, -0.1) is 0 Å². The Morgan fingerprint density at radius 1 is 1.33 bits per heavy atom. The number of piperidine rings is 1. The Hall–Kier alpha value is -2.58. The van der Waals surface area contributed by atoms with Crippen LogP contribution in [-0.4, -0.2) is 61.0 Å². The van der Waals surface area contributed by atoms with Gasteiger partial charge in [-0.25, -0.2) is 4.79 Å². The van der Waals surface area contributed by atoms with E-state index >= 15 is 0 Å². The molecule has 0 bridgehead atoms. The van der Waals surface area contributed by atoms with E-state index in [-0.39, 0.29) is 25.2 Å². The van der Waals surface area contributed by atoms with Crippen molar-refractivity contribution in [2.24, 2.45) is 7.05 Å². The molecule has 2 atom stereocenters. The summed E-state index contributed by atoms with van der Waals surface area (Å²) >= 11 is 0. The number of hydrogen-bond acceptors (Lipinski definition) is 5. The molecule has 3 rings (SSSR count). The van der Waals surface area contributed by atoms with Gasteiger partial charge in [0, 0.05) is 25.5 Å². The lowest BCUT2D eigenvalue weighted by molar-refractivity contribution is -0.923. The molecule has 2 aromatic rings. The lowest BCUT2D eigenvalue weighted by Gasteiger charge is -2.31. The lowest BCUT2D eigenvalue weighted by Crippen LogP contribution is -3.17. The molecule has 30 heavy (non-hydrogen) atoms. The van der Waals surface area contributed by atoms with E-state index in [4.69, 9.17) is 9.47 Å². The number of aryl methyl sites for hydroxylation is 1. The minimum absolute atomic E-state index is 0.131. The summed E-state index contributed by atoms with van der Waals surface area (Å²) in [6, 6.07) is 5.78. The largest absolute Gasteiger partial charge is 0.497 e. The van der Waals surface area contributed by atoms with Crippen molar-refractivity contribution in [2.45, 2.75) is 38.6 Å². The predicted molar refractivity (Wildman–Crippen MR) is 114 cm³/mol. The van der Waals surface area contributed by atoms with Crippen molar-refractivity contribution in [3.8, 4) is 5.75 Å². The van der Waals surface area contributed by atoms with Gasteiger partial charge < -0.3 is 29.4 Å². The molecule has 8 nitrogen and oxygen atoms in total. The number of hydrogen-bond donors (Lipinski definition) is 3. The first-order valence-corrected chi connectivity index (χ1v) is 10.6. The van der Waals surface area contributed by atoms with Crippen molar-refractivity contribution in [1.29, 1.82) is 0 Å². The van der Waals surface area contributed by atoms with Crippen molar-refractivity contribution < 1.29 is 29.1 Å². The first kappa shape index (κ1) is 22.1. The second-order valence-corrected chi connectivity index (χ2v) is 7.72. The van der Waals surface area contributed by atoms with Gasteiger partial charge in [0.1, 0.15) is 5.75 Å². The summed E-state index contributed by atoms with van der Waals surface area (Å²) in [5, 5.41) is 13.1. The number of likely N-dealkylation sites (tertiary alicyclic amines) is 1. The Morgan fingerprint density at radius 2 is 2.13 bits per heavy atom. The molecule has 8 heteroatoms. The highest BCUT2D eigenvalue weighted by molar-refractivity contribution is 6.11. The van der Waals surface area contributed by atoms with E-state index in [2.05, 4.69) is 5.32 Å². The molecule has 1 amide bonds. The number of aromatic nitrogens is 1. The zero-order valence-corrected chi connectivity index (χ0v) is 18.0. The van der Waals surface area contributed by atoms with Gasteiger partial charge in [0.25, 0.3) is 5.91 Å². The van der Waals surface area contributed by atoms with Crippen molar-refractivity contribution in [1.82, 2.24) is 4.57 Å². The van der Waals surface area contributed by atoms with Gasteiger partial charge in [0.15, 0.2) is 12.2 Å². The van der Waals surface area contributed by atoms with Crippen LogP contribution in [0.5, 0.6) is 5.75 Å². The van der Waals surface area contributed by atoms with Crippen LogP contribution in [0, 0.1) is 0 Å². The maximum absolute atomic E-state index is 13.0. The molecule has 0 radical (unpaired) electrons. The number of esters is 1. The third-order valence-corrected chi connectivity index (χ3v) is 5.88. The summed E-state index contributed by atoms with van der Waals surface area (Å²) in [6.45, 7) is 3.34. The Kier molecular flexibility index (Phi) is 7.33. The van der Waals surface area contributed by atoms with Gasteiger partial charge >= 0.3 is 5.97 Å². The van der Waals surface area contributed by atoms with Crippen molar-refractivity contribution in [3.05, 3.63) is 23.9 Å². The quantitative estimate of drug-likeness (QED) is 0.559. The molecule has 2 heterocycles. The first-order chi connectivity index (χ1) is 14.5. The fourth-order valence-electron chi connectivity index (χ4n) is 4.39. The number of ether oxygens (including phenoxy) is 2. The zero-order valence-electron chi connectivity index (χ0n) is 18.0. The fraction of sp³-hybridized carbons (Fsp3) is 0.545. The molecule has 1 aromatic heterocycles. The number of quaternary nitrogens is 1. The topological polar surface area (TPSA) is 94.2 Å². The lowest BCUT2D eigenvalue weighted by atomic mass is 9.99. The molecule has 1 saturated heterocycles.